The van der Waals surface area contributed by atoms with E-state index in [-0.39, 0.29) is 12.2 Å². The lowest BCUT2D eigenvalue weighted by molar-refractivity contribution is -0.0263. The van der Waals surface area contributed by atoms with Gasteiger partial charge in [-0.15, -0.1) is 0 Å². The first-order chi connectivity index (χ1) is 12.1. The lowest BCUT2D eigenvalue weighted by Gasteiger charge is -2.44. The summed E-state index contributed by atoms with van der Waals surface area (Å²) < 4.78 is 16.8. The monoisotopic (exact) mass is 347 g/mol. The number of aliphatic hydroxyl groups is 1. The van der Waals surface area contributed by atoms with Crippen LogP contribution in [0.5, 0.6) is 11.5 Å². The highest BCUT2D eigenvalue weighted by Gasteiger charge is 2.57. The molecule has 1 aliphatic carbocycles. The number of methoxy groups -OCH3 is 2. The molecule has 136 valence electrons. The number of hydrogen-bond donors (Lipinski definition) is 1. The minimum atomic E-state index is -0.476. The van der Waals surface area contributed by atoms with Crippen LogP contribution in [0.25, 0.3) is 0 Å². The fourth-order valence-corrected chi connectivity index (χ4v) is 4.91. The summed E-state index contributed by atoms with van der Waals surface area (Å²) in [5.41, 5.74) is 1.77. The summed E-state index contributed by atoms with van der Waals surface area (Å²) >= 11 is 0. The molecule has 1 aromatic carbocycles. The van der Waals surface area contributed by atoms with E-state index in [1.54, 1.807) is 12.0 Å². The van der Waals surface area contributed by atoms with E-state index >= 15 is 0 Å². The molecule has 0 radical (unpaired) electrons. The summed E-state index contributed by atoms with van der Waals surface area (Å²) in [5, 5.41) is 11.0. The smallest absolute Gasteiger partial charge is 0.409 e. The zero-order chi connectivity index (χ0) is 17.6. The van der Waals surface area contributed by atoms with Crippen molar-refractivity contribution >= 4 is 6.09 Å². The van der Waals surface area contributed by atoms with Gasteiger partial charge in [-0.25, -0.2) is 4.79 Å². The third kappa shape index (κ3) is 2.30. The van der Waals surface area contributed by atoms with Gasteiger partial charge in [-0.2, -0.15) is 0 Å². The molecule has 0 bridgehead atoms. The summed E-state index contributed by atoms with van der Waals surface area (Å²) in [6, 6.07) is 3.98. The third-order valence-electron chi connectivity index (χ3n) is 6.15. The first-order valence-corrected chi connectivity index (χ1v) is 8.99. The highest BCUT2D eigenvalue weighted by Crippen LogP contribution is 2.57. The minimum absolute atomic E-state index is 0.0705. The maximum absolute atomic E-state index is 12.1. The highest BCUT2D eigenvalue weighted by atomic mass is 16.5. The van der Waals surface area contributed by atoms with Gasteiger partial charge in [-0.05, 0) is 43.7 Å². The number of nitrogens with zero attached hydrogens (tertiary/aromatic N) is 1. The number of hydrogen-bond acceptors (Lipinski definition) is 5. The molecule has 6 heteroatoms. The van der Waals surface area contributed by atoms with Gasteiger partial charge in [0.05, 0.1) is 25.7 Å². The van der Waals surface area contributed by atoms with Crippen LogP contribution in [-0.4, -0.2) is 55.6 Å². The van der Waals surface area contributed by atoms with Gasteiger partial charge in [0.1, 0.15) is 6.10 Å². The standard InChI is InChI=1S/C19H25NO5/c1-23-13-7-6-12-8-10-20(18(22)24-2)11-9-19-14(21)4-3-5-15(19)25-17(13)16(12)19/h6-7,14-15,21H,3-5,8-11H2,1-2H3/t14?,15-,19+/m0/s1. The van der Waals surface area contributed by atoms with Crippen LogP contribution in [0.15, 0.2) is 12.1 Å². The molecule has 1 spiro atoms. The lowest BCUT2D eigenvalue weighted by atomic mass is 9.63. The predicted molar refractivity (Wildman–Crippen MR) is 91.2 cm³/mol. The zero-order valence-corrected chi connectivity index (χ0v) is 14.8. The molecular weight excluding hydrogens is 322 g/mol. The second kappa shape index (κ2) is 6.09. The molecule has 2 heterocycles. The van der Waals surface area contributed by atoms with Crippen LogP contribution >= 0.6 is 0 Å². The van der Waals surface area contributed by atoms with E-state index in [1.165, 1.54) is 7.11 Å². The number of amides is 1. The molecule has 4 rings (SSSR count). The van der Waals surface area contributed by atoms with Crippen molar-refractivity contribution in [3.05, 3.63) is 23.3 Å². The molecule has 2 aliphatic heterocycles. The number of aliphatic hydroxyl groups excluding tert-OH is 1. The Kier molecular flexibility index (Phi) is 4.02. The maximum Gasteiger partial charge on any atom is 0.409 e. The Labute approximate surface area is 147 Å². The molecule has 1 N–H and O–H groups in total. The first-order valence-electron chi connectivity index (χ1n) is 8.99. The van der Waals surface area contributed by atoms with Crippen molar-refractivity contribution < 1.29 is 24.1 Å². The second-order valence-electron chi connectivity index (χ2n) is 7.18. The predicted octanol–water partition coefficient (Wildman–Crippen LogP) is 2.25. The van der Waals surface area contributed by atoms with Crippen molar-refractivity contribution in [2.24, 2.45) is 0 Å². The summed E-state index contributed by atoms with van der Waals surface area (Å²) in [6.07, 6.45) is 3.14. The molecule has 3 atom stereocenters. The zero-order valence-electron chi connectivity index (χ0n) is 14.8. The Hall–Kier alpha value is -1.95. The van der Waals surface area contributed by atoms with Crippen LogP contribution < -0.4 is 9.47 Å². The average molecular weight is 347 g/mol. The van der Waals surface area contributed by atoms with Crippen molar-refractivity contribution in [2.45, 2.75) is 49.7 Å². The van der Waals surface area contributed by atoms with E-state index in [1.807, 2.05) is 12.1 Å². The fraction of sp³-hybridized carbons (Fsp3) is 0.632. The van der Waals surface area contributed by atoms with Gasteiger partial charge in [-0.1, -0.05) is 6.07 Å². The molecule has 1 unspecified atom stereocenters. The Morgan fingerprint density at radius 2 is 2.16 bits per heavy atom. The van der Waals surface area contributed by atoms with Gasteiger partial charge in [0.2, 0.25) is 0 Å². The van der Waals surface area contributed by atoms with Crippen LogP contribution in [-0.2, 0) is 16.6 Å². The van der Waals surface area contributed by atoms with E-state index in [0.717, 1.165) is 41.9 Å². The topological polar surface area (TPSA) is 68.2 Å². The summed E-state index contributed by atoms with van der Waals surface area (Å²) in [6.45, 7) is 1.15. The van der Waals surface area contributed by atoms with Crippen molar-refractivity contribution in [1.29, 1.82) is 0 Å². The first kappa shape index (κ1) is 16.5. The normalized spacial score (nSPS) is 30.4. The molecule has 1 aromatic rings. The van der Waals surface area contributed by atoms with Crippen LogP contribution in [0.4, 0.5) is 4.79 Å². The van der Waals surface area contributed by atoms with Gasteiger partial charge in [0.25, 0.3) is 0 Å². The van der Waals surface area contributed by atoms with Gasteiger partial charge in [0.15, 0.2) is 11.5 Å². The van der Waals surface area contributed by atoms with E-state index < -0.39 is 11.5 Å². The van der Waals surface area contributed by atoms with Gasteiger partial charge in [0, 0.05) is 18.7 Å². The Morgan fingerprint density at radius 3 is 2.92 bits per heavy atom. The van der Waals surface area contributed by atoms with Crippen molar-refractivity contribution in [3.63, 3.8) is 0 Å². The number of ether oxygens (including phenoxy) is 3. The van der Waals surface area contributed by atoms with Gasteiger partial charge >= 0.3 is 6.09 Å². The molecule has 0 aromatic heterocycles. The SMILES string of the molecule is COC(=O)N1CCc2ccc(OC)c3c2[C@]2(CC1)C(O)CCC[C@@H]2O3. The lowest BCUT2D eigenvalue weighted by Crippen LogP contribution is -2.54. The molecule has 25 heavy (non-hydrogen) atoms. The second-order valence-corrected chi connectivity index (χ2v) is 7.18. The quantitative estimate of drug-likeness (QED) is 0.844. The van der Waals surface area contributed by atoms with Crippen molar-refractivity contribution in [3.8, 4) is 11.5 Å². The Morgan fingerprint density at radius 1 is 1.32 bits per heavy atom. The Bertz CT molecular complexity index is 691. The van der Waals surface area contributed by atoms with Crippen molar-refractivity contribution in [2.75, 3.05) is 27.3 Å². The van der Waals surface area contributed by atoms with Crippen LogP contribution in [0.2, 0.25) is 0 Å². The molecule has 1 saturated carbocycles. The molecule has 1 fully saturated rings. The largest absolute Gasteiger partial charge is 0.493 e. The fourth-order valence-electron chi connectivity index (χ4n) is 4.91. The molecule has 0 saturated heterocycles. The minimum Gasteiger partial charge on any atom is -0.493 e. The van der Waals surface area contributed by atoms with Crippen LogP contribution in [0.3, 0.4) is 0 Å². The van der Waals surface area contributed by atoms with Crippen molar-refractivity contribution in [1.82, 2.24) is 4.90 Å². The number of carbonyl (C=O) groups excluding carboxylic acids is 1. The third-order valence-corrected chi connectivity index (χ3v) is 6.15. The average Bonchev–Trinajstić information content (AvgIpc) is 2.95. The van der Waals surface area contributed by atoms with E-state index in [0.29, 0.717) is 25.9 Å². The van der Waals surface area contributed by atoms with Gasteiger partial charge in [-0.3, -0.25) is 0 Å². The molecule has 1 amide bonds. The van der Waals surface area contributed by atoms with E-state index in [2.05, 4.69) is 0 Å². The Balaban J connectivity index is 1.85. The molecule has 6 nitrogen and oxygen atoms in total. The number of rotatable bonds is 1. The number of benzene rings is 1. The summed E-state index contributed by atoms with van der Waals surface area (Å²) in [7, 11) is 3.06. The highest BCUT2D eigenvalue weighted by molar-refractivity contribution is 5.68. The van der Waals surface area contributed by atoms with Crippen LogP contribution in [0, 0.1) is 0 Å². The molecular formula is C19H25NO5. The summed E-state index contributed by atoms with van der Waals surface area (Å²) in [4.78, 5) is 13.8. The summed E-state index contributed by atoms with van der Waals surface area (Å²) in [5.74, 6) is 1.52. The molecule has 3 aliphatic rings. The maximum atomic E-state index is 12.1. The van der Waals surface area contributed by atoms with Crippen LogP contribution in [0.1, 0.15) is 36.8 Å². The van der Waals surface area contributed by atoms with E-state index in [4.69, 9.17) is 14.2 Å². The van der Waals surface area contributed by atoms with E-state index in [9.17, 15) is 9.90 Å². The van der Waals surface area contributed by atoms with Gasteiger partial charge < -0.3 is 24.2 Å². The number of carbonyl (C=O) groups is 1.